The molecule has 32 heavy (non-hydrogen) atoms. The summed E-state index contributed by atoms with van der Waals surface area (Å²) in [4.78, 5) is 26.0. The van der Waals surface area contributed by atoms with Crippen molar-refractivity contribution in [2.75, 3.05) is 6.61 Å². The molecule has 9 heteroatoms. The molecule has 162 valence electrons. The van der Waals surface area contributed by atoms with Crippen molar-refractivity contribution >= 4 is 11.7 Å². The normalized spacial score (nSPS) is 17.4. The first-order valence-electron chi connectivity index (χ1n) is 10.8. The highest BCUT2D eigenvalue weighted by Gasteiger charge is 2.22. The molecule has 9 nitrogen and oxygen atoms in total. The van der Waals surface area contributed by atoms with E-state index in [1.807, 2.05) is 30.3 Å². The van der Waals surface area contributed by atoms with E-state index in [-0.39, 0.29) is 11.6 Å². The first-order chi connectivity index (χ1) is 15.6. The zero-order valence-electron chi connectivity index (χ0n) is 17.3. The van der Waals surface area contributed by atoms with Crippen LogP contribution < -0.4 is 21.1 Å². The van der Waals surface area contributed by atoms with Gasteiger partial charge in [-0.1, -0.05) is 12.1 Å². The number of nitrogens with zero attached hydrogens (tertiary/aromatic N) is 4. The monoisotopic (exact) mass is 430 g/mol. The van der Waals surface area contributed by atoms with Crippen LogP contribution in [0.15, 0.2) is 46.3 Å². The highest BCUT2D eigenvalue weighted by molar-refractivity contribution is 5.64. The lowest BCUT2D eigenvalue weighted by molar-refractivity contribution is 0.300. The Balaban J connectivity index is 1.49. The molecule has 3 N–H and O–H groups in total. The van der Waals surface area contributed by atoms with Crippen LogP contribution in [0.5, 0.6) is 11.6 Å². The lowest BCUT2D eigenvalue weighted by atomic mass is 10.1. The van der Waals surface area contributed by atoms with E-state index in [1.54, 1.807) is 16.8 Å². The van der Waals surface area contributed by atoms with Gasteiger partial charge in [0.15, 0.2) is 11.1 Å². The second-order valence-electron chi connectivity index (χ2n) is 8.46. The number of fused-ring (bicyclic) bond motifs is 1. The van der Waals surface area contributed by atoms with E-state index in [2.05, 4.69) is 15.1 Å². The summed E-state index contributed by atoms with van der Waals surface area (Å²) in [5.74, 6) is 1.28. The van der Waals surface area contributed by atoms with Crippen molar-refractivity contribution in [3.63, 3.8) is 0 Å². The lowest BCUT2D eigenvalue weighted by Gasteiger charge is -2.08. The number of aromatic nitrogens is 5. The predicted molar refractivity (Wildman–Crippen MR) is 117 cm³/mol. The van der Waals surface area contributed by atoms with Crippen molar-refractivity contribution in [2.45, 2.75) is 31.7 Å². The third kappa shape index (κ3) is 3.77. The Hall–Kier alpha value is -3.88. The van der Waals surface area contributed by atoms with Crippen LogP contribution >= 0.6 is 0 Å². The molecule has 1 aromatic carbocycles. The maximum absolute atomic E-state index is 11.5. The lowest BCUT2D eigenvalue weighted by Crippen LogP contribution is -2.19. The van der Waals surface area contributed by atoms with Gasteiger partial charge < -0.3 is 14.8 Å². The number of hydrogen-bond acceptors (Lipinski definition) is 6. The second kappa shape index (κ2) is 7.37. The maximum Gasteiger partial charge on any atom is 0.326 e. The van der Waals surface area contributed by atoms with E-state index in [0.29, 0.717) is 22.8 Å². The van der Waals surface area contributed by atoms with Crippen LogP contribution in [-0.2, 0) is 0 Å². The van der Waals surface area contributed by atoms with Crippen LogP contribution in [0, 0.1) is 5.92 Å². The number of H-pyrrole nitrogens is 2. The molecule has 2 fully saturated rings. The van der Waals surface area contributed by atoms with Crippen molar-refractivity contribution in [1.29, 1.82) is 0 Å². The van der Waals surface area contributed by atoms with Gasteiger partial charge in [0.25, 0.3) is 0 Å². The van der Waals surface area contributed by atoms with Gasteiger partial charge in [-0.2, -0.15) is 9.61 Å². The Labute approximate surface area is 182 Å². The molecule has 0 spiro atoms. The SMILES string of the molecule is O=c1[nH]c(O)c(/C=c2\cnn3c(=NC4CC4)cc(-c4cccc(OCC5CC5)c4)nc23)[nH]1. The molecule has 0 unspecified atom stereocenters. The first kappa shape index (κ1) is 18.9. The Morgan fingerprint density at radius 3 is 2.84 bits per heavy atom. The quantitative estimate of drug-likeness (QED) is 0.428. The average Bonchev–Trinajstić information content (AvgIpc) is 3.71. The number of imidazole rings is 1. The number of nitrogens with one attached hydrogen (secondary N) is 2. The predicted octanol–water partition coefficient (Wildman–Crippen LogP) is 1.52. The molecule has 2 aliphatic carbocycles. The molecular formula is C23H22N6O3. The fourth-order valence-corrected chi connectivity index (χ4v) is 3.59. The van der Waals surface area contributed by atoms with E-state index >= 15 is 0 Å². The van der Waals surface area contributed by atoms with Crippen molar-refractivity contribution in [3.05, 3.63) is 63.4 Å². The summed E-state index contributed by atoms with van der Waals surface area (Å²) in [7, 11) is 0. The van der Waals surface area contributed by atoms with Gasteiger partial charge in [-0.3, -0.25) is 9.98 Å². The van der Waals surface area contributed by atoms with Crippen molar-refractivity contribution < 1.29 is 9.84 Å². The van der Waals surface area contributed by atoms with Gasteiger partial charge in [-0.05, 0) is 49.8 Å². The fourth-order valence-electron chi connectivity index (χ4n) is 3.59. The number of rotatable bonds is 6. The van der Waals surface area contributed by atoms with E-state index in [9.17, 15) is 9.90 Å². The molecule has 6 rings (SSSR count). The molecule has 3 aromatic heterocycles. The van der Waals surface area contributed by atoms with Gasteiger partial charge in [0, 0.05) is 16.8 Å². The number of benzene rings is 1. The standard InChI is InChI=1S/C23H22N6O3/c30-22-19(27-23(31)28-22)9-15-11-24-29-20(25-16-6-7-16)10-18(26-21(15)29)14-2-1-3-17(8-14)32-12-13-4-5-13/h1-3,8-11,13,16,30H,4-7,12H2,(H2,27,28,31)/b15-9+,25-20?. The molecule has 3 heterocycles. The van der Waals surface area contributed by atoms with Gasteiger partial charge >= 0.3 is 5.69 Å². The Kier molecular flexibility index (Phi) is 4.34. The second-order valence-corrected chi connectivity index (χ2v) is 8.46. The van der Waals surface area contributed by atoms with Crippen LogP contribution in [0.1, 0.15) is 31.4 Å². The highest BCUT2D eigenvalue weighted by atomic mass is 16.5. The topological polar surface area (TPSA) is 121 Å². The van der Waals surface area contributed by atoms with Crippen LogP contribution in [0.3, 0.4) is 0 Å². The number of aromatic amines is 2. The molecule has 4 aromatic rings. The minimum atomic E-state index is -0.480. The molecule has 0 atom stereocenters. The molecule has 0 aliphatic heterocycles. The number of hydrogen-bond donors (Lipinski definition) is 3. The first-order valence-corrected chi connectivity index (χ1v) is 10.8. The summed E-state index contributed by atoms with van der Waals surface area (Å²) < 4.78 is 7.64. The van der Waals surface area contributed by atoms with Crippen molar-refractivity contribution in [3.8, 4) is 22.9 Å². The van der Waals surface area contributed by atoms with Crippen LogP contribution in [0.2, 0.25) is 0 Å². The summed E-state index contributed by atoms with van der Waals surface area (Å²) in [6.07, 6.45) is 7.92. The smallest absolute Gasteiger partial charge is 0.326 e. The maximum atomic E-state index is 11.5. The van der Waals surface area contributed by atoms with Gasteiger partial charge in [-0.25, -0.2) is 9.78 Å². The molecule has 0 radical (unpaired) electrons. The summed E-state index contributed by atoms with van der Waals surface area (Å²) >= 11 is 0. The van der Waals surface area contributed by atoms with E-state index in [1.165, 1.54) is 12.8 Å². The molecule has 2 aliphatic rings. The molecule has 0 amide bonds. The molecule has 0 bridgehead atoms. The molecule has 0 saturated heterocycles. The van der Waals surface area contributed by atoms with E-state index in [4.69, 9.17) is 14.7 Å². The average molecular weight is 430 g/mol. The largest absolute Gasteiger partial charge is 0.493 e. The Bertz CT molecular complexity index is 1490. The minimum absolute atomic E-state index is 0.228. The van der Waals surface area contributed by atoms with Crippen LogP contribution in [-0.4, -0.2) is 42.3 Å². The van der Waals surface area contributed by atoms with Gasteiger partial charge in [-0.15, -0.1) is 0 Å². The number of ether oxygens (including phenoxy) is 1. The Morgan fingerprint density at radius 1 is 1.22 bits per heavy atom. The van der Waals surface area contributed by atoms with E-state index in [0.717, 1.165) is 41.9 Å². The summed E-state index contributed by atoms with van der Waals surface area (Å²) in [6, 6.07) is 10.2. The van der Waals surface area contributed by atoms with Gasteiger partial charge in [0.1, 0.15) is 11.4 Å². The third-order valence-corrected chi connectivity index (χ3v) is 5.69. The summed E-state index contributed by atoms with van der Waals surface area (Å²) in [5, 5.41) is 15.1. The zero-order valence-corrected chi connectivity index (χ0v) is 17.3. The zero-order chi connectivity index (χ0) is 21.7. The fraction of sp³-hybridized carbons (Fsp3) is 0.304. The summed E-state index contributed by atoms with van der Waals surface area (Å²) in [5.41, 5.74) is 2.80. The highest BCUT2D eigenvalue weighted by Crippen LogP contribution is 2.30. The van der Waals surface area contributed by atoms with Crippen LogP contribution in [0.25, 0.3) is 23.0 Å². The molecular weight excluding hydrogens is 408 g/mol. The third-order valence-electron chi connectivity index (χ3n) is 5.69. The van der Waals surface area contributed by atoms with Gasteiger partial charge in [0.2, 0.25) is 5.88 Å². The van der Waals surface area contributed by atoms with Gasteiger partial charge in [0.05, 0.1) is 24.5 Å². The van der Waals surface area contributed by atoms with Crippen molar-refractivity contribution in [1.82, 2.24) is 24.6 Å². The van der Waals surface area contributed by atoms with Crippen molar-refractivity contribution in [2.24, 2.45) is 10.9 Å². The molecule has 2 saturated carbocycles. The summed E-state index contributed by atoms with van der Waals surface area (Å²) in [6.45, 7) is 0.748. The van der Waals surface area contributed by atoms with E-state index < -0.39 is 5.69 Å². The van der Waals surface area contributed by atoms with Crippen LogP contribution in [0.4, 0.5) is 0 Å². The number of aromatic hydroxyl groups is 1. The Morgan fingerprint density at radius 2 is 2.09 bits per heavy atom. The minimum Gasteiger partial charge on any atom is -0.493 e.